The van der Waals surface area contributed by atoms with Crippen LogP contribution in [0.25, 0.3) is 6.08 Å². The minimum Gasteiger partial charge on any atom is -0.488 e. The van der Waals surface area contributed by atoms with Gasteiger partial charge in [-0.2, -0.15) is 0 Å². The summed E-state index contributed by atoms with van der Waals surface area (Å²) >= 11 is 1.21. The molecule has 2 aliphatic heterocycles. The number of fused-ring (bicyclic) bond motifs is 1. The molecule has 6 nitrogen and oxygen atoms in total. The first-order valence-corrected chi connectivity index (χ1v) is 10.0. The van der Waals surface area contributed by atoms with E-state index in [1.54, 1.807) is 30.4 Å². The van der Waals surface area contributed by atoms with E-state index >= 15 is 0 Å². The Bertz CT molecular complexity index is 1130. The fourth-order valence-electron chi connectivity index (χ4n) is 3.12. The molecule has 2 aromatic rings. The smallest absolute Gasteiger partial charge is 0.337 e. The molecule has 0 aromatic heterocycles. The summed E-state index contributed by atoms with van der Waals surface area (Å²) in [5, 5.41) is 9.82. The number of carbonyl (C=O) groups is 2. The summed E-state index contributed by atoms with van der Waals surface area (Å²) in [6, 6.07) is 14.2. The molecule has 0 aliphatic carbocycles. The molecule has 1 N–H and O–H groups in total. The quantitative estimate of drug-likeness (QED) is 0.572. The number of amides is 1. The maximum atomic E-state index is 13.0. The van der Waals surface area contributed by atoms with Crippen molar-refractivity contribution in [3.8, 4) is 5.75 Å². The molecule has 2 aliphatic rings. The molecule has 1 amide bonds. The van der Waals surface area contributed by atoms with Crippen molar-refractivity contribution in [2.75, 3.05) is 13.2 Å². The van der Waals surface area contributed by atoms with E-state index in [1.807, 2.05) is 30.3 Å². The Hall–Kier alpha value is -3.58. The Morgan fingerprint density at radius 1 is 1.23 bits per heavy atom. The Labute approximate surface area is 177 Å². The van der Waals surface area contributed by atoms with Crippen molar-refractivity contribution in [1.82, 2.24) is 4.90 Å². The lowest BCUT2D eigenvalue weighted by atomic mass is 10.1. The third-order valence-electron chi connectivity index (χ3n) is 4.52. The van der Waals surface area contributed by atoms with Crippen molar-refractivity contribution >= 4 is 40.6 Å². The van der Waals surface area contributed by atoms with Gasteiger partial charge in [0.2, 0.25) is 0 Å². The van der Waals surface area contributed by atoms with Crippen LogP contribution in [0.1, 0.15) is 15.9 Å². The number of carbonyl (C=O) groups excluding carboxylic acids is 1. The van der Waals surface area contributed by atoms with Crippen LogP contribution in [0.2, 0.25) is 0 Å². The van der Waals surface area contributed by atoms with Crippen molar-refractivity contribution in [2.24, 2.45) is 4.99 Å². The summed E-state index contributed by atoms with van der Waals surface area (Å²) in [6.45, 7) is 4.35. The fraction of sp³-hybridized carbons (Fsp3) is 0.0870. The number of nitrogens with zero attached hydrogens (tertiary/aromatic N) is 2. The number of aromatic carboxylic acids is 1. The van der Waals surface area contributed by atoms with Gasteiger partial charge in [-0.15, -0.1) is 6.58 Å². The molecule has 7 heteroatoms. The van der Waals surface area contributed by atoms with Crippen LogP contribution in [0, 0.1) is 0 Å². The van der Waals surface area contributed by atoms with Crippen molar-refractivity contribution in [3.05, 3.63) is 88.9 Å². The average Bonchev–Trinajstić information content (AvgIpc) is 3.03. The summed E-state index contributed by atoms with van der Waals surface area (Å²) in [5.74, 6) is -0.462. The molecular weight excluding hydrogens is 400 g/mol. The maximum absolute atomic E-state index is 13.0. The number of ether oxygens (including phenoxy) is 1. The average molecular weight is 418 g/mol. The summed E-state index contributed by atoms with van der Waals surface area (Å²) in [6.07, 6.45) is 5.40. The largest absolute Gasteiger partial charge is 0.488 e. The van der Waals surface area contributed by atoms with E-state index in [-0.39, 0.29) is 18.0 Å². The number of carboxylic acid groups (broad SMARTS) is 1. The summed E-state index contributed by atoms with van der Waals surface area (Å²) in [5.41, 5.74) is 2.20. The van der Waals surface area contributed by atoms with Gasteiger partial charge in [0.25, 0.3) is 5.91 Å². The van der Waals surface area contributed by atoms with Crippen molar-refractivity contribution < 1.29 is 19.4 Å². The molecule has 4 rings (SSSR count). The second kappa shape index (κ2) is 8.42. The highest BCUT2D eigenvalue weighted by Gasteiger charge is 2.33. The molecule has 1 saturated heterocycles. The van der Waals surface area contributed by atoms with Crippen LogP contribution in [0.3, 0.4) is 0 Å². The van der Waals surface area contributed by atoms with Gasteiger partial charge in [-0.1, -0.05) is 36.4 Å². The van der Waals surface area contributed by atoms with Crippen LogP contribution < -0.4 is 4.74 Å². The molecule has 0 unspecified atom stereocenters. The van der Waals surface area contributed by atoms with Gasteiger partial charge < -0.3 is 9.84 Å². The summed E-state index contributed by atoms with van der Waals surface area (Å²) < 4.78 is 5.76. The first-order chi connectivity index (χ1) is 14.6. The zero-order chi connectivity index (χ0) is 21.1. The first-order valence-electron chi connectivity index (χ1n) is 9.22. The van der Waals surface area contributed by atoms with Crippen LogP contribution in [-0.4, -0.2) is 40.2 Å². The molecule has 2 aromatic carbocycles. The predicted octanol–water partition coefficient (Wildman–Crippen LogP) is 4.49. The van der Waals surface area contributed by atoms with E-state index < -0.39 is 5.97 Å². The highest BCUT2D eigenvalue weighted by Crippen LogP contribution is 2.35. The van der Waals surface area contributed by atoms with Crippen molar-refractivity contribution in [1.29, 1.82) is 0 Å². The maximum Gasteiger partial charge on any atom is 0.337 e. The number of para-hydroxylation sites is 2. The predicted molar refractivity (Wildman–Crippen MR) is 118 cm³/mol. The van der Waals surface area contributed by atoms with Gasteiger partial charge in [-0.05, 0) is 47.7 Å². The molecule has 30 heavy (non-hydrogen) atoms. The lowest BCUT2D eigenvalue weighted by Gasteiger charge is -2.16. The number of amidine groups is 1. The normalized spacial score (nSPS) is 18.2. The Kier molecular flexibility index (Phi) is 5.54. The SMILES string of the molecule is C=CCN1C(=O)/C(=C/C2=Cc3ccccc3OC2)SC1=Nc1ccccc1C(=O)O. The van der Waals surface area contributed by atoms with E-state index in [0.717, 1.165) is 16.9 Å². The lowest BCUT2D eigenvalue weighted by molar-refractivity contribution is -0.121. The van der Waals surface area contributed by atoms with Crippen LogP contribution >= 0.6 is 11.8 Å². The van der Waals surface area contributed by atoms with Gasteiger partial charge in [0, 0.05) is 12.1 Å². The standard InChI is InChI=1S/C23H18N2O4S/c1-2-11-25-21(26)20(13-15-12-16-7-3-6-10-19(16)29-14-15)30-23(25)24-18-9-5-4-8-17(18)22(27)28/h2-10,12-13H,1,11,14H2,(H,27,28)/b20-13-,24-23?. The van der Waals surface area contributed by atoms with Gasteiger partial charge in [-0.25, -0.2) is 9.79 Å². The van der Waals surface area contributed by atoms with Gasteiger partial charge in [0.1, 0.15) is 12.4 Å². The molecule has 0 saturated carbocycles. The van der Waals surface area contributed by atoms with E-state index in [1.165, 1.54) is 22.7 Å². The molecule has 2 heterocycles. The third-order valence-corrected chi connectivity index (χ3v) is 5.53. The fourth-order valence-corrected chi connectivity index (χ4v) is 4.14. The Balaban J connectivity index is 1.69. The number of aliphatic imine (C=N–C) groups is 1. The van der Waals surface area contributed by atoms with Crippen LogP contribution in [0.5, 0.6) is 5.75 Å². The van der Waals surface area contributed by atoms with Crippen LogP contribution in [0.15, 0.2) is 82.7 Å². The highest BCUT2D eigenvalue weighted by atomic mass is 32.2. The van der Waals surface area contributed by atoms with E-state index in [4.69, 9.17) is 4.74 Å². The monoisotopic (exact) mass is 418 g/mol. The van der Waals surface area contributed by atoms with Gasteiger partial charge in [0.05, 0.1) is 16.2 Å². The number of hydrogen-bond acceptors (Lipinski definition) is 5. The molecule has 1 fully saturated rings. The van der Waals surface area contributed by atoms with Crippen molar-refractivity contribution in [2.45, 2.75) is 0 Å². The summed E-state index contributed by atoms with van der Waals surface area (Å²) in [7, 11) is 0. The van der Waals surface area contributed by atoms with E-state index in [9.17, 15) is 14.7 Å². The van der Waals surface area contributed by atoms with E-state index in [0.29, 0.717) is 22.4 Å². The molecule has 0 atom stereocenters. The van der Waals surface area contributed by atoms with Gasteiger partial charge in [0.15, 0.2) is 5.17 Å². The minimum absolute atomic E-state index is 0.0778. The number of benzene rings is 2. The van der Waals surface area contributed by atoms with E-state index in [2.05, 4.69) is 11.6 Å². The Morgan fingerprint density at radius 3 is 2.80 bits per heavy atom. The molecule has 150 valence electrons. The summed E-state index contributed by atoms with van der Waals surface area (Å²) in [4.78, 5) is 30.9. The highest BCUT2D eigenvalue weighted by molar-refractivity contribution is 8.18. The number of hydrogen-bond donors (Lipinski definition) is 1. The number of thioether (sulfide) groups is 1. The van der Waals surface area contributed by atoms with Crippen LogP contribution in [-0.2, 0) is 4.79 Å². The van der Waals surface area contributed by atoms with Gasteiger partial charge >= 0.3 is 5.97 Å². The minimum atomic E-state index is -1.07. The molecule has 0 radical (unpaired) electrons. The number of rotatable bonds is 5. The third kappa shape index (κ3) is 3.92. The molecular formula is C23H18N2O4S. The zero-order valence-electron chi connectivity index (χ0n) is 15.9. The Morgan fingerprint density at radius 2 is 2.00 bits per heavy atom. The van der Waals surface area contributed by atoms with Gasteiger partial charge in [-0.3, -0.25) is 9.69 Å². The zero-order valence-corrected chi connectivity index (χ0v) is 16.8. The second-order valence-corrected chi connectivity index (χ2v) is 7.59. The molecule has 0 bridgehead atoms. The first kappa shape index (κ1) is 19.7. The van der Waals surface area contributed by atoms with Crippen LogP contribution in [0.4, 0.5) is 5.69 Å². The van der Waals surface area contributed by atoms with Crippen molar-refractivity contribution in [3.63, 3.8) is 0 Å². The number of carboxylic acids is 1. The topological polar surface area (TPSA) is 79.2 Å². The second-order valence-electron chi connectivity index (χ2n) is 6.58. The molecule has 0 spiro atoms. The lowest BCUT2D eigenvalue weighted by Crippen LogP contribution is -2.29.